The minimum atomic E-state index is -1.07. The summed E-state index contributed by atoms with van der Waals surface area (Å²) in [6, 6.07) is 15.5. The second-order valence-corrected chi connectivity index (χ2v) is 9.21. The molecule has 35 heavy (non-hydrogen) atoms. The molecule has 2 aromatic carbocycles. The summed E-state index contributed by atoms with van der Waals surface area (Å²) in [7, 11) is 0. The van der Waals surface area contributed by atoms with Gasteiger partial charge in [-0.3, -0.25) is 4.79 Å². The molecule has 2 atom stereocenters. The van der Waals surface area contributed by atoms with Gasteiger partial charge in [-0.15, -0.1) is 0 Å². The zero-order chi connectivity index (χ0) is 24.8. The third-order valence-corrected chi connectivity index (χ3v) is 6.81. The summed E-state index contributed by atoms with van der Waals surface area (Å²) < 4.78 is 5.53. The fourth-order valence-electron chi connectivity index (χ4n) is 5.06. The molecular formula is C27H32N2O6. The molecule has 2 aliphatic rings. The van der Waals surface area contributed by atoms with E-state index in [-0.39, 0.29) is 37.8 Å². The minimum absolute atomic E-state index is 0.0307. The van der Waals surface area contributed by atoms with Gasteiger partial charge in [0.2, 0.25) is 5.91 Å². The van der Waals surface area contributed by atoms with Crippen LogP contribution in [0.1, 0.15) is 55.6 Å². The SMILES string of the molecule is O=C(NCCCCCCC(=O)N1CC(O)CC1C(=O)O)OCC1c2ccccc2-c2ccccc21. The Bertz CT molecular complexity index is 1030. The van der Waals surface area contributed by atoms with E-state index in [2.05, 4.69) is 29.6 Å². The standard InChI is InChI=1S/C27H32N2O6/c30-18-15-24(26(32)33)29(16-18)25(31)13-3-1-2-8-14-28-27(34)35-17-23-21-11-6-4-9-19(21)20-10-5-7-12-22(20)23/h4-7,9-12,18,23-24,30H,1-3,8,13-17H2,(H,28,34)(H,32,33). The fourth-order valence-corrected chi connectivity index (χ4v) is 5.06. The Labute approximate surface area is 204 Å². The Morgan fingerprint density at radius 2 is 1.57 bits per heavy atom. The Balaban J connectivity index is 1.11. The number of carboxylic acid groups (broad SMARTS) is 1. The van der Waals surface area contributed by atoms with Crippen LogP contribution in [-0.2, 0) is 14.3 Å². The van der Waals surface area contributed by atoms with Crippen molar-refractivity contribution >= 4 is 18.0 Å². The number of nitrogens with zero attached hydrogens (tertiary/aromatic N) is 1. The molecule has 2 unspecified atom stereocenters. The number of hydrogen-bond donors (Lipinski definition) is 3. The Morgan fingerprint density at radius 3 is 2.23 bits per heavy atom. The number of carbonyl (C=O) groups is 3. The Kier molecular flexibility index (Phi) is 8.02. The summed E-state index contributed by atoms with van der Waals surface area (Å²) in [6.07, 6.45) is 2.17. The predicted octanol–water partition coefficient (Wildman–Crippen LogP) is 3.52. The number of nitrogens with one attached hydrogen (secondary N) is 1. The lowest BCUT2D eigenvalue weighted by Gasteiger charge is -2.21. The van der Waals surface area contributed by atoms with Gasteiger partial charge in [-0.1, -0.05) is 61.4 Å². The van der Waals surface area contributed by atoms with Gasteiger partial charge in [0.25, 0.3) is 0 Å². The number of hydrogen-bond acceptors (Lipinski definition) is 5. The second-order valence-electron chi connectivity index (χ2n) is 9.21. The van der Waals surface area contributed by atoms with E-state index >= 15 is 0 Å². The highest BCUT2D eigenvalue weighted by molar-refractivity contribution is 5.84. The van der Waals surface area contributed by atoms with Gasteiger partial charge < -0.3 is 25.2 Å². The molecule has 2 amide bonds. The number of unbranched alkanes of at least 4 members (excludes halogenated alkanes) is 3. The fraction of sp³-hybridized carbons (Fsp3) is 0.444. The molecule has 1 fully saturated rings. The number of aliphatic carboxylic acids is 1. The number of β-amino-alcohol motifs (C(OH)–C–C–N with tert-alkyl or cyclic N) is 1. The van der Waals surface area contributed by atoms with Crippen molar-refractivity contribution in [3.63, 3.8) is 0 Å². The lowest BCUT2D eigenvalue weighted by atomic mass is 9.98. The van der Waals surface area contributed by atoms with E-state index in [4.69, 9.17) is 4.74 Å². The molecule has 8 nitrogen and oxygen atoms in total. The zero-order valence-corrected chi connectivity index (χ0v) is 19.7. The first-order valence-corrected chi connectivity index (χ1v) is 12.2. The normalized spacial score (nSPS) is 18.7. The average molecular weight is 481 g/mol. The highest BCUT2D eigenvalue weighted by Crippen LogP contribution is 2.44. The molecule has 0 radical (unpaired) electrons. The van der Waals surface area contributed by atoms with Crippen LogP contribution in [0.4, 0.5) is 4.79 Å². The van der Waals surface area contributed by atoms with Crippen LogP contribution in [0.2, 0.25) is 0 Å². The van der Waals surface area contributed by atoms with Gasteiger partial charge in [0.05, 0.1) is 6.10 Å². The van der Waals surface area contributed by atoms with E-state index in [9.17, 15) is 24.6 Å². The lowest BCUT2D eigenvalue weighted by Crippen LogP contribution is -2.40. The van der Waals surface area contributed by atoms with E-state index in [0.717, 1.165) is 19.3 Å². The van der Waals surface area contributed by atoms with Gasteiger partial charge in [-0.2, -0.15) is 0 Å². The number of fused-ring (bicyclic) bond motifs is 3. The first-order valence-electron chi connectivity index (χ1n) is 12.2. The number of alkyl carbamates (subject to hydrolysis) is 1. The maximum atomic E-state index is 12.3. The van der Waals surface area contributed by atoms with Crippen molar-refractivity contribution in [1.29, 1.82) is 0 Å². The number of aliphatic hydroxyl groups excluding tert-OH is 1. The monoisotopic (exact) mass is 480 g/mol. The number of aliphatic hydroxyl groups is 1. The van der Waals surface area contributed by atoms with Crippen molar-refractivity contribution in [2.24, 2.45) is 0 Å². The summed E-state index contributed by atoms with van der Waals surface area (Å²) in [5.41, 5.74) is 4.73. The summed E-state index contributed by atoms with van der Waals surface area (Å²) in [6.45, 7) is 0.856. The number of ether oxygens (including phenoxy) is 1. The topological polar surface area (TPSA) is 116 Å². The minimum Gasteiger partial charge on any atom is -0.480 e. The second kappa shape index (κ2) is 11.4. The van der Waals surface area contributed by atoms with Crippen molar-refractivity contribution < 1.29 is 29.3 Å². The first kappa shape index (κ1) is 24.7. The van der Waals surface area contributed by atoms with Crippen molar-refractivity contribution in [3.05, 3.63) is 59.7 Å². The molecule has 1 heterocycles. The molecular weight excluding hydrogens is 448 g/mol. The van der Waals surface area contributed by atoms with Crippen LogP contribution in [0.3, 0.4) is 0 Å². The maximum absolute atomic E-state index is 12.3. The van der Waals surface area contributed by atoms with Gasteiger partial charge in [0.15, 0.2) is 0 Å². The van der Waals surface area contributed by atoms with Crippen molar-refractivity contribution in [2.75, 3.05) is 19.7 Å². The highest BCUT2D eigenvalue weighted by atomic mass is 16.5. The van der Waals surface area contributed by atoms with E-state index in [1.54, 1.807) is 0 Å². The number of rotatable bonds is 10. The molecule has 3 N–H and O–H groups in total. The third-order valence-electron chi connectivity index (χ3n) is 6.81. The molecule has 8 heteroatoms. The lowest BCUT2D eigenvalue weighted by molar-refractivity contribution is -0.148. The summed E-state index contributed by atoms with van der Waals surface area (Å²) in [5.74, 6) is -1.27. The first-order chi connectivity index (χ1) is 17.0. The van der Waals surface area contributed by atoms with Crippen LogP contribution in [0.5, 0.6) is 0 Å². The summed E-state index contributed by atoms with van der Waals surface area (Å²) in [5, 5.41) is 21.7. The molecule has 0 saturated carbocycles. The van der Waals surface area contributed by atoms with Gasteiger partial charge in [0, 0.05) is 31.8 Å². The van der Waals surface area contributed by atoms with E-state index in [1.165, 1.54) is 27.2 Å². The number of carbonyl (C=O) groups excluding carboxylic acids is 2. The zero-order valence-electron chi connectivity index (χ0n) is 19.7. The quantitative estimate of drug-likeness (QED) is 0.448. The van der Waals surface area contributed by atoms with Crippen LogP contribution < -0.4 is 5.32 Å². The Morgan fingerprint density at radius 1 is 0.943 bits per heavy atom. The molecule has 0 bridgehead atoms. The van der Waals surface area contributed by atoms with Crippen LogP contribution >= 0.6 is 0 Å². The van der Waals surface area contributed by atoms with Crippen LogP contribution in [0.15, 0.2) is 48.5 Å². The maximum Gasteiger partial charge on any atom is 0.407 e. The molecule has 2 aromatic rings. The van der Waals surface area contributed by atoms with Crippen molar-refractivity contribution in [3.8, 4) is 11.1 Å². The molecule has 1 saturated heterocycles. The predicted molar refractivity (Wildman–Crippen MR) is 130 cm³/mol. The molecule has 0 aromatic heterocycles. The average Bonchev–Trinajstić information content (AvgIpc) is 3.40. The summed E-state index contributed by atoms with van der Waals surface area (Å²) >= 11 is 0. The third kappa shape index (κ3) is 5.82. The van der Waals surface area contributed by atoms with Gasteiger partial charge >= 0.3 is 12.1 Å². The van der Waals surface area contributed by atoms with E-state index < -0.39 is 24.2 Å². The molecule has 1 aliphatic carbocycles. The van der Waals surface area contributed by atoms with Crippen LogP contribution in [-0.4, -0.2) is 64.9 Å². The molecule has 1 aliphatic heterocycles. The number of amides is 2. The van der Waals surface area contributed by atoms with Gasteiger partial charge in [-0.25, -0.2) is 9.59 Å². The largest absolute Gasteiger partial charge is 0.480 e. The smallest absolute Gasteiger partial charge is 0.407 e. The van der Waals surface area contributed by atoms with Crippen molar-refractivity contribution in [2.45, 2.75) is 56.6 Å². The van der Waals surface area contributed by atoms with Gasteiger partial charge in [-0.05, 0) is 35.1 Å². The van der Waals surface area contributed by atoms with Crippen LogP contribution in [0.25, 0.3) is 11.1 Å². The van der Waals surface area contributed by atoms with E-state index in [1.807, 2.05) is 24.3 Å². The van der Waals surface area contributed by atoms with Gasteiger partial charge in [0.1, 0.15) is 12.6 Å². The van der Waals surface area contributed by atoms with E-state index in [0.29, 0.717) is 13.0 Å². The Hall–Kier alpha value is -3.39. The summed E-state index contributed by atoms with van der Waals surface area (Å²) in [4.78, 5) is 37.0. The number of carboxylic acids is 1. The van der Waals surface area contributed by atoms with Crippen LogP contribution in [0, 0.1) is 0 Å². The molecule has 0 spiro atoms. The molecule has 186 valence electrons. The number of likely N-dealkylation sites (tertiary alicyclic amines) is 1. The molecule has 4 rings (SSSR count). The highest BCUT2D eigenvalue weighted by Gasteiger charge is 2.38. The number of benzene rings is 2. The van der Waals surface area contributed by atoms with Crippen molar-refractivity contribution in [1.82, 2.24) is 10.2 Å².